The van der Waals surface area contributed by atoms with Crippen LogP contribution in [-0.2, 0) is 14.8 Å². The molecule has 1 saturated carbocycles. The minimum atomic E-state index is -3.27. The molecule has 3 aliphatic rings. The van der Waals surface area contributed by atoms with Gasteiger partial charge in [0.1, 0.15) is 0 Å². The van der Waals surface area contributed by atoms with Crippen molar-refractivity contribution in [2.45, 2.75) is 56.7 Å². The molecule has 166 valence electrons. The summed E-state index contributed by atoms with van der Waals surface area (Å²) in [5.74, 6) is 0.235. The van der Waals surface area contributed by atoms with Crippen LogP contribution in [0.15, 0.2) is 30.3 Å². The number of benzene rings is 1. The Morgan fingerprint density at radius 3 is 2.30 bits per heavy atom. The summed E-state index contributed by atoms with van der Waals surface area (Å²) in [6.07, 6.45) is 4.40. The molecule has 0 spiro atoms. The molecule has 3 fully saturated rings. The van der Waals surface area contributed by atoms with Gasteiger partial charge in [-0.05, 0) is 38.7 Å². The summed E-state index contributed by atoms with van der Waals surface area (Å²) in [5.41, 5.74) is 5.83. The molecule has 1 amide bonds. The first-order chi connectivity index (χ1) is 14.0. The fourth-order valence-electron chi connectivity index (χ4n) is 5.22. The minimum absolute atomic E-state index is 0.332. The summed E-state index contributed by atoms with van der Waals surface area (Å²) in [5, 5.41) is 3.82. The third kappa shape index (κ3) is 3.79. The Labute approximate surface area is 180 Å². The molecule has 1 aromatic carbocycles. The molecule has 4 rings (SSSR count). The first kappa shape index (κ1) is 21.7. The van der Waals surface area contributed by atoms with E-state index < -0.39 is 21.0 Å². The number of carbonyl (C=O) groups excluding carboxylic acids is 1. The number of piperidine rings is 1. The van der Waals surface area contributed by atoms with Crippen molar-refractivity contribution in [1.82, 2.24) is 14.5 Å². The third-order valence-electron chi connectivity index (χ3n) is 7.69. The highest BCUT2D eigenvalue weighted by atomic mass is 32.2. The quantitative estimate of drug-likeness (QED) is 0.671. The Morgan fingerprint density at radius 2 is 1.77 bits per heavy atom. The average Bonchev–Trinajstić information content (AvgIpc) is 3.40. The zero-order valence-electron chi connectivity index (χ0n) is 18.2. The largest absolute Gasteiger partial charge is 0.369 e. The maximum absolute atomic E-state index is 12.3. The fourth-order valence-corrected chi connectivity index (χ4v) is 6.11. The SMILES string of the molecule is CC(C)(C(N)=O)C1(N2CCC(N[C@@H]3C[C@H]3c3ccccc3)CC2)CN(S(C)(=O)=O)C1. The van der Waals surface area contributed by atoms with Gasteiger partial charge in [0.2, 0.25) is 15.9 Å². The molecule has 0 unspecified atom stereocenters. The third-order valence-corrected chi connectivity index (χ3v) is 8.89. The maximum Gasteiger partial charge on any atom is 0.225 e. The van der Waals surface area contributed by atoms with Crippen LogP contribution in [0.4, 0.5) is 0 Å². The van der Waals surface area contributed by atoms with Crippen molar-refractivity contribution in [3.05, 3.63) is 35.9 Å². The van der Waals surface area contributed by atoms with Gasteiger partial charge >= 0.3 is 0 Å². The van der Waals surface area contributed by atoms with Crippen LogP contribution in [-0.4, -0.2) is 73.6 Å². The Kier molecular flexibility index (Phi) is 5.50. The van der Waals surface area contributed by atoms with E-state index in [9.17, 15) is 13.2 Å². The number of likely N-dealkylation sites (tertiary alicyclic amines) is 1. The molecule has 2 aliphatic heterocycles. The van der Waals surface area contributed by atoms with Crippen LogP contribution in [0.25, 0.3) is 0 Å². The van der Waals surface area contributed by atoms with E-state index in [4.69, 9.17) is 5.73 Å². The van der Waals surface area contributed by atoms with E-state index in [1.807, 2.05) is 13.8 Å². The van der Waals surface area contributed by atoms with Crippen LogP contribution >= 0.6 is 0 Å². The molecule has 3 N–H and O–H groups in total. The highest BCUT2D eigenvalue weighted by molar-refractivity contribution is 7.88. The lowest BCUT2D eigenvalue weighted by Crippen LogP contribution is -2.79. The van der Waals surface area contributed by atoms with Gasteiger partial charge in [-0.3, -0.25) is 9.69 Å². The normalized spacial score (nSPS) is 28.1. The molecule has 0 aromatic heterocycles. The molecule has 2 heterocycles. The Morgan fingerprint density at radius 1 is 1.17 bits per heavy atom. The summed E-state index contributed by atoms with van der Waals surface area (Å²) in [6, 6.07) is 11.7. The van der Waals surface area contributed by atoms with Gasteiger partial charge in [0.25, 0.3) is 0 Å². The topological polar surface area (TPSA) is 95.7 Å². The Hall–Kier alpha value is -1.48. The van der Waals surface area contributed by atoms with Gasteiger partial charge in [0.05, 0.1) is 17.2 Å². The van der Waals surface area contributed by atoms with Gasteiger partial charge in [-0.1, -0.05) is 30.3 Å². The van der Waals surface area contributed by atoms with E-state index in [-0.39, 0.29) is 5.91 Å². The zero-order chi connectivity index (χ0) is 21.7. The van der Waals surface area contributed by atoms with E-state index in [1.54, 1.807) is 0 Å². The van der Waals surface area contributed by atoms with Gasteiger partial charge in [0.15, 0.2) is 0 Å². The Bertz CT molecular complexity index is 888. The van der Waals surface area contributed by atoms with Gasteiger partial charge < -0.3 is 11.1 Å². The maximum atomic E-state index is 12.3. The molecule has 1 aromatic rings. The van der Waals surface area contributed by atoms with Gasteiger partial charge in [-0.25, -0.2) is 8.42 Å². The summed E-state index contributed by atoms with van der Waals surface area (Å²) in [7, 11) is -3.27. The second-order valence-corrected chi connectivity index (χ2v) is 11.8. The molecular formula is C22H34N4O3S. The molecule has 7 nitrogen and oxygen atoms in total. The van der Waals surface area contributed by atoms with Gasteiger partial charge in [-0.2, -0.15) is 4.31 Å². The minimum Gasteiger partial charge on any atom is -0.369 e. The van der Waals surface area contributed by atoms with E-state index in [0.717, 1.165) is 25.9 Å². The standard InChI is InChI=1S/C22H34N4O3S/c1-21(2,20(23)27)22(14-26(15-22)30(3,28)29)25-11-9-17(10-12-25)24-19-13-18(19)16-7-5-4-6-8-16/h4-8,17-19,24H,9-15H2,1-3H3,(H2,23,27)/t18-,19+/m0/s1. The highest BCUT2D eigenvalue weighted by Crippen LogP contribution is 2.46. The molecule has 2 atom stereocenters. The number of rotatable bonds is 7. The average molecular weight is 435 g/mol. The van der Waals surface area contributed by atoms with Crippen molar-refractivity contribution >= 4 is 15.9 Å². The van der Waals surface area contributed by atoms with Crippen LogP contribution in [0.1, 0.15) is 44.6 Å². The predicted octanol–water partition coefficient (Wildman–Crippen LogP) is 1.12. The molecule has 2 saturated heterocycles. The molecule has 8 heteroatoms. The van der Waals surface area contributed by atoms with Crippen molar-refractivity contribution in [3.8, 4) is 0 Å². The number of nitrogens with zero attached hydrogens (tertiary/aromatic N) is 2. The van der Waals surface area contributed by atoms with Gasteiger partial charge in [0, 0.05) is 44.2 Å². The van der Waals surface area contributed by atoms with Crippen molar-refractivity contribution < 1.29 is 13.2 Å². The first-order valence-corrected chi connectivity index (χ1v) is 12.7. The van der Waals surface area contributed by atoms with E-state index in [0.29, 0.717) is 31.1 Å². The van der Waals surface area contributed by atoms with Crippen LogP contribution in [0.3, 0.4) is 0 Å². The van der Waals surface area contributed by atoms with Crippen LogP contribution in [0.2, 0.25) is 0 Å². The number of nitrogens with two attached hydrogens (primary N) is 1. The number of hydrogen-bond donors (Lipinski definition) is 2. The van der Waals surface area contributed by atoms with Crippen LogP contribution in [0, 0.1) is 5.41 Å². The second kappa shape index (κ2) is 7.58. The lowest BCUT2D eigenvalue weighted by molar-refractivity contribution is -0.149. The zero-order valence-corrected chi connectivity index (χ0v) is 19.0. The highest BCUT2D eigenvalue weighted by Gasteiger charge is 2.61. The molecule has 30 heavy (non-hydrogen) atoms. The molecule has 0 radical (unpaired) electrons. The van der Waals surface area contributed by atoms with E-state index in [1.165, 1.54) is 22.5 Å². The Balaban J connectivity index is 1.37. The summed E-state index contributed by atoms with van der Waals surface area (Å²) >= 11 is 0. The molecular weight excluding hydrogens is 400 g/mol. The van der Waals surface area contributed by atoms with Crippen molar-refractivity contribution in [2.75, 3.05) is 32.4 Å². The van der Waals surface area contributed by atoms with Crippen LogP contribution in [0.5, 0.6) is 0 Å². The van der Waals surface area contributed by atoms with Crippen molar-refractivity contribution in [3.63, 3.8) is 0 Å². The lowest BCUT2D eigenvalue weighted by atomic mass is 9.66. The second-order valence-electron chi connectivity index (χ2n) is 9.84. The number of sulfonamides is 1. The first-order valence-electron chi connectivity index (χ1n) is 10.9. The number of amides is 1. The van der Waals surface area contributed by atoms with Crippen molar-refractivity contribution in [1.29, 1.82) is 0 Å². The van der Waals surface area contributed by atoms with E-state index in [2.05, 4.69) is 40.5 Å². The summed E-state index contributed by atoms with van der Waals surface area (Å²) < 4.78 is 25.4. The number of carbonyl (C=O) groups is 1. The molecule has 1 aliphatic carbocycles. The summed E-state index contributed by atoms with van der Waals surface area (Å²) in [4.78, 5) is 14.6. The predicted molar refractivity (Wildman–Crippen MR) is 117 cm³/mol. The summed E-state index contributed by atoms with van der Waals surface area (Å²) in [6.45, 7) is 6.06. The number of primary amides is 1. The lowest BCUT2D eigenvalue weighted by Gasteiger charge is -2.62. The van der Waals surface area contributed by atoms with Crippen molar-refractivity contribution in [2.24, 2.45) is 11.1 Å². The smallest absolute Gasteiger partial charge is 0.225 e. The van der Waals surface area contributed by atoms with Crippen LogP contribution < -0.4 is 11.1 Å². The molecule has 0 bridgehead atoms. The monoisotopic (exact) mass is 434 g/mol. The van der Waals surface area contributed by atoms with E-state index >= 15 is 0 Å². The number of hydrogen-bond acceptors (Lipinski definition) is 5. The van der Waals surface area contributed by atoms with Gasteiger partial charge in [-0.15, -0.1) is 0 Å². The number of nitrogens with one attached hydrogen (secondary N) is 1. The fraction of sp³-hybridized carbons (Fsp3) is 0.682.